The third-order valence-electron chi connectivity index (χ3n) is 2.52. The lowest BCUT2D eigenvalue weighted by molar-refractivity contribution is 0.150. The van der Waals surface area contributed by atoms with Crippen molar-refractivity contribution in [2.24, 2.45) is 0 Å². The van der Waals surface area contributed by atoms with Gasteiger partial charge in [-0.3, -0.25) is 0 Å². The van der Waals surface area contributed by atoms with E-state index in [0.717, 1.165) is 24.0 Å². The minimum Gasteiger partial charge on any atom is -0.507 e. The molecule has 1 aromatic rings. The first-order valence-corrected chi connectivity index (χ1v) is 5.04. The molecule has 0 heterocycles. The lowest BCUT2D eigenvalue weighted by Gasteiger charge is -2.12. The van der Waals surface area contributed by atoms with Crippen LogP contribution in [0.25, 0.3) is 0 Å². The van der Waals surface area contributed by atoms with E-state index in [1.54, 1.807) is 12.1 Å². The largest absolute Gasteiger partial charge is 0.507 e. The Kier molecular flexibility index (Phi) is 1.89. The van der Waals surface area contributed by atoms with Gasteiger partial charge in [0.05, 0.1) is 10.1 Å². The molecule has 0 atom stereocenters. The monoisotopic (exact) mass is 242 g/mol. The molecule has 1 aliphatic rings. The molecular formula is C10H11BrO2. The van der Waals surface area contributed by atoms with Crippen molar-refractivity contribution in [3.63, 3.8) is 0 Å². The van der Waals surface area contributed by atoms with E-state index in [2.05, 4.69) is 15.9 Å². The number of phenolic OH excluding ortho intramolecular Hbond substituents is 1. The molecule has 2 N–H and O–H groups in total. The average molecular weight is 243 g/mol. The lowest BCUT2D eigenvalue weighted by Crippen LogP contribution is -2.06. The van der Waals surface area contributed by atoms with Crippen molar-refractivity contribution in [2.45, 2.75) is 25.4 Å². The molecule has 3 heteroatoms. The third-order valence-corrected chi connectivity index (χ3v) is 3.15. The van der Waals surface area contributed by atoms with E-state index in [4.69, 9.17) is 0 Å². The summed E-state index contributed by atoms with van der Waals surface area (Å²) in [4.78, 5) is 0. The maximum absolute atomic E-state index is 9.89. The molecule has 0 bridgehead atoms. The fourth-order valence-electron chi connectivity index (χ4n) is 1.56. The van der Waals surface area contributed by atoms with E-state index in [1.165, 1.54) is 0 Å². The van der Waals surface area contributed by atoms with Crippen LogP contribution in [-0.4, -0.2) is 10.2 Å². The maximum atomic E-state index is 9.89. The molecular weight excluding hydrogens is 232 g/mol. The Morgan fingerprint density at radius 3 is 2.54 bits per heavy atom. The van der Waals surface area contributed by atoms with Gasteiger partial charge in [-0.2, -0.15) is 0 Å². The van der Waals surface area contributed by atoms with Crippen LogP contribution in [0.3, 0.4) is 0 Å². The highest BCUT2D eigenvalue weighted by atomic mass is 79.9. The Labute approximate surface area is 85.3 Å². The zero-order valence-electron chi connectivity index (χ0n) is 7.34. The Morgan fingerprint density at radius 2 is 2.00 bits per heavy atom. The molecule has 1 aliphatic carbocycles. The van der Waals surface area contributed by atoms with Gasteiger partial charge < -0.3 is 10.2 Å². The number of aromatic hydroxyl groups is 1. The quantitative estimate of drug-likeness (QED) is 0.795. The number of aryl methyl sites for hydroxylation is 1. The highest BCUT2D eigenvalue weighted by Crippen LogP contribution is 2.48. The summed E-state index contributed by atoms with van der Waals surface area (Å²) in [6.07, 6.45) is 1.65. The summed E-state index contributed by atoms with van der Waals surface area (Å²) in [7, 11) is 0. The van der Waals surface area contributed by atoms with Gasteiger partial charge in [0.1, 0.15) is 5.75 Å². The predicted molar refractivity (Wildman–Crippen MR) is 53.7 cm³/mol. The molecule has 0 unspecified atom stereocenters. The zero-order valence-corrected chi connectivity index (χ0v) is 8.93. The fourth-order valence-corrected chi connectivity index (χ4v) is 1.90. The molecule has 13 heavy (non-hydrogen) atoms. The molecule has 0 spiro atoms. The SMILES string of the molecule is Cc1cc(O)c(Br)cc1C1(O)CC1. The highest BCUT2D eigenvalue weighted by Gasteiger charge is 2.43. The van der Waals surface area contributed by atoms with Gasteiger partial charge in [0.15, 0.2) is 0 Å². The molecule has 70 valence electrons. The van der Waals surface area contributed by atoms with Crippen LogP contribution in [0.5, 0.6) is 5.75 Å². The molecule has 1 aromatic carbocycles. The third kappa shape index (κ3) is 1.46. The van der Waals surface area contributed by atoms with E-state index in [0.29, 0.717) is 4.47 Å². The maximum Gasteiger partial charge on any atom is 0.130 e. The standard InChI is InChI=1S/C10H11BrO2/c1-6-4-9(12)8(11)5-7(6)10(13)2-3-10/h4-5,12-13H,2-3H2,1H3. The molecule has 0 aromatic heterocycles. The lowest BCUT2D eigenvalue weighted by atomic mass is 10.0. The molecule has 2 rings (SSSR count). The van der Waals surface area contributed by atoms with Gasteiger partial charge in [-0.25, -0.2) is 0 Å². The van der Waals surface area contributed by atoms with Crippen molar-refractivity contribution in [1.29, 1.82) is 0 Å². The Hall–Kier alpha value is -0.540. The van der Waals surface area contributed by atoms with Crippen molar-refractivity contribution in [1.82, 2.24) is 0 Å². The molecule has 0 radical (unpaired) electrons. The van der Waals surface area contributed by atoms with Crippen LogP contribution >= 0.6 is 15.9 Å². The first-order chi connectivity index (χ1) is 6.03. The zero-order chi connectivity index (χ0) is 9.64. The summed E-state index contributed by atoms with van der Waals surface area (Å²) in [6, 6.07) is 3.48. The van der Waals surface area contributed by atoms with Crippen molar-refractivity contribution < 1.29 is 10.2 Å². The summed E-state index contributed by atoms with van der Waals surface area (Å²) in [5, 5.41) is 19.3. The van der Waals surface area contributed by atoms with Gasteiger partial charge in [-0.05, 0) is 59.0 Å². The Morgan fingerprint density at radius 1 is 1.38 bits per heavy atom. The van der Waals surface area contributed by atoms with E-state index in [-0.39, 0.29) is 5.75 Å². The molecule has 1 saturated carbocycles. The number of benzene rings is 1. The fraction of sp³-hybridized carbons (Fsp3) is 0.400. The average Bonchev–Trinajstić information content (AvgIpc) is 2.77. The van der Waals surface area contributed by atoms with Crippen molar-refractivity contribution in [3.05, 3.63) is 27.7 Å². The van der Waals surface area contributed by atoms with Crippen LogP contribution < -0.4 is 0 Å². The van der Waals surface area contributed by atoms with E-state index < -0.39 is 5.60 Å². The minimum atomic E-state index is -0.625. The summed E-state index contributed by atoms with van der Waals surface area (Å²) >= 11 is 3.24. The smallest absolute Gasteiger partial charge is 0.130 e. The van der Waals surface area contributed by atoms with Crippen LogP contribution in [-0.2, 0) is 5.60 Å². The minimum absolute atomic E-state index is 0.227. The first kappa shape index (κ1) is 9.03. The van der Waals surface area contributed by atoms with Crippen molar-refractivity contribution in [3.8, 4) is 5.75 Å². The van der Waals surface area contributed by atoms with Gasteiger partial charge in [-0.15, -0.1) is 0 Å². The number of hydrogen-bond acceptors (Lipinski definition) is 2. The molecule has 0 aliphatic heterocycles. The molecule has 2 nitrogen and oxygen atoms in total. The second-order valence-corrected chi connectivity index (χ2v) is 4.50. The van der Waals surface area contributed by atoms with Crippen LogP contribution in [0.15, 0.2) is 16.6 Å². The summed E-state index contributed by atoms with van der Waals surface area (Å²) in [5.74, 6) is 0.227. The number of aliphatic hydroxyl groups is 1. The number of phenols is 1. The van der Waals surface area contributed by atoms with Crippen LogP contribution in [0, 0.1) is 6.92 Å². The van der Waals surface area contributed by atoms with Gasteiger partial charge >= 0.3 is 0 Å². The van der Waals surface area contributed by atoms with Crippen LogP contribution in [0.4, 0.5) is 0 Å². The summed E-state index contributed by atoms with van der Waals surface area (Å²) < 4.78 is 0.647. The topological polar surface area (TPSA) is 40.5 Å². The molecule has 0 amide bonds. The second kappa shape index (κ2) is 2.72. The van der Waals surface area contributed by atoms with Crippen molar-refractivity contribution >= 4 is 15.9 Å². The Balaban J connectivity index is 2.52. The molecule has 1 fully saturated rings. The van der Waals surface area contributed by atoms with Crippen LogP contribution in [0.1, 0.15) is 24.0 Å². The van der Waals surface area contributed by atoms with E-state index in [9.17, 15) is 10.2 Å². The second-order valence-electron chi connectivity index (χ2n) is 3.65. The number of rotatable bonds is 1. The van der Waals surface area contributed by atoms with Gasteiger partial charge in [0.25, 0.3) is 0 Å². The predicted octanol–water partition coefficient (Wildman–Crippen LogP) is 2.44. The summed E-state index contributed by atoms with van der Waals surface area (Å²) in [5.41, 5.74) is 1.25. The van der Waals surface area contributed by atoms with Crippen LogP contribution in [0.2, 0.25) is 0 Å². The van der Waals surface area contributed by atoms with Gasteiger partial charge in [-0.1, -0.05) is 0 Å². The van der Waals surface area contributed by atoms with E-state index >= 15 is 0 Å². The molecule has 0 saturated heterocycles. The highest BCUT2D eigenvalue weighted by molar-refractivity contribution is 9.10. The Bertz CT molecular complexity index is 356. The van der Waals surface area contributed by atoms with Gasteiger partial charge in [0, 0.05) is 0 Å². The van der Waals surface area contributed by atoms with Crippen molar-refractivity contribution in [2.75, 3.05) is 0 Å². The number of halogens is 1. The first-order valence-electron chi connectivity index (χ1n) is 4.25. The van der Waals surface area contributed by atoms with Gasteiger partial charge in [0.2, 0.25) is 0 Å². The number of hydrogen-bond donors (Lipinski definition) is 2. The normalized spacial score (nSPS) is 18.7. The van der Waals surface area contributed by atoms with E-state index in [1.807, 2.05) is 6.92 Å². The summed E-state index contributed by atoms with van der Waals surface area (Å²) in [6.45, 7) is 1.90.